The average molecular weight is 411 g/mol. The average Bonchev–Trinajstić information content (AvgIpc) is 2.68. The highest BCUT2D eigenvalue weighted by atomic mass is 32.2. The van der Waals surface area contributed by atoms with Gasteiger partial charge in [-0.15, -0.1) is 0 Å². The van der Waals surface area contributed by atoms with Crippen LogP contribution in [0.3, 0.4) is 0 Å². The van der Waals surface area contributed by atoms with E-state index in [0.717, 1.165) is 11.1 Å². The van der Waals surface area contributed by atoms with Crippen LogP contribution in [0, 0.1) is 12.8 Å². The van der Waals surface area contributed by atoms with Crippen molar-refractivity contribution in [1.82, 2.24) is 9.62 Å². The molecule has 0 aromatic heterocycles. The molecule has 1 aliphatic heterocycles. The molecule has 0 spiro atoms. The number of carbonyl (C=O) groups excluding carboxylic acids is 2. The first kappa shape index (κ1) is 22.4. The maximum atomic E-state index is 12.9. The van der Waals surface area contributed by atoms with Crippen LogP contribution in [0.4, 0.5) is 0 Å². The Morgan fingerprint density at radius 3 is 2.57 bits per heavy atom. The van der Waals surface area contributed by atoms with Crippen molar-refractivity contribution >= 4 is 21.9 Å². The molecule has 0 saturated carbocycles. The molecule has 1 N–H and O–H groups in total. The predicted octanol–water partition coefficient (Wildman–Crippen LogP) is 2.17. The highest BCUT2D eigenvalue weighted by Gasteiger charge is 2.33. The smallest absolute Gasteiger partial charge is 0.307 e. The van der Waals surface area contributed by atoms with Crippen LogP contribution in [0.25, 0.3) is 0 Å². The molecule has 0 unspecified atom stereocenters. The number of ether oxygens (including phenoxy) is 1. The topological polar surface area (TPSA) is 92.8 Å². The third-order valence-corrected chi connectivity index (χ3v) is 7.05. The van der Waals surface area contributed by atoms with Crippen molar-refractivity contribution in [1.29, 1.82) is 0 Å². The van der Waals surface area contributed by atoms with E-state index in [2.05, 4.69) is 5.32 Å². The first-order chi connectivity index (χ1) is 13.3. The van der Waals surface area contributed by atoms with Gasteiger partial charge in [-0.1, -0.05) is 36.8 Å². The van der Waals surface area contributed by atoms with Crippen LogP contribution in [0.2, 0.25) is 0 Å². The number of piperidine rings is 1. The maximum Gasteiger partial charge on any atom is 0.307 e. The van der Waals surface area contributed by atoms with Gasteiger partial charge in [-0.2, -0.15) is 0 Å². The number of hydrogen-bond donors (Lipinski definition) is 1. The summed E-state index contributed by atoms with van der Waals surface area (Å²) < 4.78 is 30.9. The molecule has 8 heteroatoms. The summed E-state index contributed by atoms with van der Waals surface area (Å²) in [6, 6.07) is 7.09. The lowest BCUT2D eigenvalue weighted by Crippen LogP contribution is -2.46. The Morgan fingerprint density at radius 2 is 1.96 bits per heavy atom. The predicted molar refractivity (Wildman–Crippen MR) is 107 cm³/mol. The molecule has 1 aromatic carbocycles. The van der Waals surface area contributed by atoms with Crippen molar-refractivity contribution in [3.63, 3.8) is 0 Å². The molecule has 2 atom stereocenters. The molecule has 1 fully saturated rings. The summed E-state index contributed by atoms with van der Waals surface area (Å²) in [6.45, 7) is 4.43. The molecule has 156 valence electrons. The quantitative estimate of drug-likeness (QED) is 0.663. The normalized spacial score (nSPS) is 19.0. The molecule has 1 heterocycles. The number of nitrogens with zero attached hydrogens (tertiary/aromatic N) is 1. The van der Waals surface area contributed by atoms with E-state index in [-0.39, 0.29) is 24.6 Å². The Hall–Kier alpha value is -1.93. The third-order valence-electron chi connectivity index (χ3n) is 5.01. The number of hydrogen-bond acceptors (Lipinski definition) is 5. The maximum absolute atomic E-state index is 12.9. The molecule has 1 aromatic rings. The standard InChI is InChI=1S/C20H30N2O5S/c1-4-12-28(25,26)22-11-5-6-17(14-22)20(24)21-18(13-19(23)27-3)16-9-7-15(2)8-10-16/h7-10,17-18H,4-6,11-14H2,1-3H3,(H,21,24)/t17-,18-/m1/s1. The lowest BCUT2D eigenvalue weighted by Gasteiger charge is -2.32. The molecular weight excluding hydrogens is 380 g/mol. The van der Waals surface area contributed by atoms with Crippen molar-refractivity contribution in [2.24, 2.45) is 5.92 Å². The molecule has 0 radical (unpaired) electrons. The zero-order valence-corrected chi connectivity index (χ0v) is 17.6. The van der Waals surface area contributed by atoms with Gasteiger partial charge in [-0.25, -0.2) is 12.7 Å². The largest absolute Gasteiger partial charge is 0.469 e. The summed E-state index contributed by atoms with van der Waals surface area (Å²) in [5, 5.41) is 2.93. The molecule has 7 nitrogen and oxygen atoms in total. The Labute approximate surface area is 167 Å². The van der Waals surface area contributed by atoms with Gasteiger partial charge in [0.1, 0.15) is 0 Å². The molecule has 1 saturated heterocycles. The van der Waals surface area contributed by atoms with E-state index in [1.807, 2.05) is 38.1 Å². The number of amides is 1. The summed E-state index contributed by atoms with van der Waals surface area (Å²) in [5.41, 5.74) is 1.89. The van der Waals surface area contributed by atoms with Crippen LogP contribution in [0.5, 0.6) is 0 Å². The molecule has 0 aliphatic carbocycles. The van der Waals surface area contributed by atoms with E-state index in [0.29, 0.717) is 25.8 Å². The highest BCUT2D eigenvalue weighted by Crippen LogP contribution is 2.23. The van der Waals surface area contributed by atoms with Crippen LogP contribution >= 0.6 is 0 Å². The van der Waals surface area contributed by atoms with Crippen LogP contribution < -0.4 is 5.32 Å². The summed E-state index contributed by atoms with van der Waals surface area (Å²) in [7, 11) is -2.02. The van der Waals surface area contributed by atoms with Gasteiger partial charge in [0, 0.05) is 13.1 Å². The monoisotopic (exact) mass is 410 g/mol. The van der Waals surface area contributed by atoms with Gasteiger partial charge in [-0.3, -0.25) is 9.59 Å². The van der Waals surface area contributed by atoms with Crippen LogP contribution in [-0.2, 0) is 24.3 Å². The van der Waals surface area contributed by atoms with Gasteiger partial charge in [0.15, 0.2) is 0 Å². The number of rotatable bonds is 8. The fourth-order valence-corrected chi connectivity index (χ4v) is 4.98. The summed E-state index contributed by atoms with van der Waals surface area (Å²) >= 11 is 0. The lowest BCUT2D eigenvalue weighted by atomic mass is 9.96. The molecule has 1 amide bonds. The molecular formula is C20H30N2O5S. The number of aryl methyl sites for hydroxylation is 1. The van der Waals surface area contributed by atoms with Gasteiger partial charge in [0.2, 0.25) is 15.9 Å². The van der Waals surface area contributed by atoms with Crippen molar-refractivity contribution in [2.75, 3.05) is 26.0 Å². The van der Waals surface area contributed by atoms with Gasteiger partial charge >= 0.3 is 5.97 Å². The van der Waals surface area contributed by atoms with E-state index >= 15 is 0 Å². The zero-order chi connectivity index (χ0) is 20.7. The fourth-order valence-electron chi connectivity index (χ4n) is 3.39. The second-order valence-electron chi connectivity index (χ2n) is 7.27. The highest BCUT2D eigenvalue weighted by molar-refractivity contribution is 7.89. The van der Waals surface area contributed by atoms with Crippen molar-refractivity contribution in [3.8, 4) is 0 Å². The van der Waals surface area contributed by atoms with E-state index in [4.69, 9.17) is 4.74 Å². The second kappa shape index (κ2) is 10.0. The molecule has 1 aliphatic rings. The van der Waals surface area contributed by atoms with Gasteiger partial charge < -0.3 is 10.1 Å². The Morgan fingerprint density at radius 1 is 1.29 bits per heavy atom. The summed E-state index contributed by atoms with van der Waals surface area (Å²) in [5.74, 6) is -0.978. The van der Waals surface area contributed by atoms with Crippen LogP contribution in [-0.4, -0.2) is 50.6 Å². The second-order valence-corrected chi connectivity index (χ2v) is 9.35. The SMILES string of the molecule is CCCS(=O)(=O)N1CCC[C@@H](C(=O)N[C@H](CC(=O)OC)c2ccc(C)cc2)C1. The lowest BCUT2D eigenvalue weighted by molar-refractivity contribution is -0.141. The van der Waals surface area contributed by atoms with Crippen molar-refractivity contribution in [3.05, 3.63) is 35.4 Å². The van der Waals surface area contributed by atoms with Gasteiger partial charge in [-0.05, 0) is 31.7 Å². The number of sulfonamides is 1. The minimum Gasteiger partial charge on any atom is -0.469 e. The van der Waals surface area contributed by atoms with E-state index in [1.165, 1.54) is 11.4 Å². The van der Waals surface area contributed by atoms with Crippen molar-refractivity contribution < 1.29 is 22.7 Å². The number of methoxy groups -OCH3 is 1. The summed E-state index contributed by atoms with van der Waals surface area (Å²) in [6.07, 6.45) is 1.84. The fraction of sp³-hybridized carbons (Fsp3) is 0.600. The molecule has 0 bridgehead atoms. The van der Waals surface area contributed by atoms with Gasteiger partial charge in [0.25, 0.3) is 0 Å². The van der Waals surface area contributed by atoms with Gasteiger partial charge in [0.05, 0.1) is 31.2 Å². The minimum atomic E-state index is -3.33. The van der Waals surface area contributed by atoms with Crippen LogP contribution in [0.1, 0.15) is 49.8 Å². The van der Waals surface area contributed by atoms with E-state index in [9.17, 15) is 18.0 Å². The number of nitrogens with one attached hydrogen (secondary N) is 1. The number of esters is 1. The Balaban J connectivity index is 2.11. The molecule has 28 heavy (non-hydrogen) atoms. The van der Waals surface area contributed by atoms with Crippen molar-refractivity contribution in [2.45, 2.75) is 45.6 Å². The minimum absolute atomic E-state index is 0.0237. The first-order valence-electron chi connectivity index (χ1n) is 9.68. The number of carbonyl (C=O) groups is 2. The number of benzene rings is 1. The Bertz CT molecular complexity index is 776. The third kappa shape index (κ3) is 6.04. The zero-order valence-electron chi connectivity index (χ0n) is 16.8. The van der Waals surface area contributed by atoms with E-state index in [1.54, 1.807) is 0 Å². The summed E-state index contributed by atoms with van der Waals surface area (Å²) in [4.78, 5) is 24.7. The first-order valence-corrected chi connectivity index (χ1v) is 11.3. The van der Waals surface area contributed by atoms with Crippen LogP contribution in [0.15, 0.2) is 24.3 Å². The van der Waals surface area contributed by atoms with E-state index < -0.39 is 28.0 Å². The Kier molecular flexibility index (Phi) is 8.00. The molecule has 2 rings (SSSR count).